The molecule has 7 heteroatoms. The van der Waals surface area contributed by atoms with Gasteiger partial charge in [-0.15, -0.1) is 0 Å². The zero-order valence-electron chi connectivity index (χ0n) is 9.36. The van der Waals surface area contributed by atoms with Gasteiger partial charge in [-0.1, -0.05) is 11.6 Å². The largest absolute Gasteiger partial charge is 0.493 e. The van der Waals surface area contributed by atoms with E-state index in [1.807, 2.05) is 0 Å². The minimum Gasteiger partial charge on any atom is -0.493 e. The number of halogens is 1. The van der Waals surface area contributed by atoms with E-state index in [0.717, 1.165) is 0 Å². The van der Waals surface area contributed by atoms with Crippen LogP contribution < -0.4 is 20.6 Å². The molecule has 0 spiro atoms. The average Bonchev–Trinajstić information content (AvgIpc) is 2.30. The van der Waals surface area contributed by atoms with E-state index < -0.39 is 0 Å². The van der Waals surface area contributed by atoms with Crippen LogP contribution in [0.3, 0.4) is 0 Å². The smallest absolute Gasteiger partial charge is 0.184 e. The third-order valence-electron chi connectivity index (χ3n) is 1.89. The van der Waals surface area contributed by atoms with Crippen LogP contribution in [0.4, 0.5) is 0 Å². The molecule has 92 valence electrons. The predicted molar refractivity (Wildman–Crippen MR) is 72.1 cm³/mol. The molecule has 0 unspecified atom stereocenters. The fourth-order valence-corrected chi connectivity index (χ4v) is 1.50. The molecule has 0 aliphatic carbocycles. The van der Waals surface area contributed by atoms with Crippen LogP contribution >= 0.6 is 23.8 Å². The lowest BCUT2D eigenvalue weighted by Crippen LogP contribution is -2.24. The maximum Gasteiger partial charge on any atom is 0.184 e. The molecule has 0 heterocycles. The van der Waals surface area contributed by atoms with Crippen molar-refractivity contribution < 1.29 is 9.47 Å². The zero-order chi connectivity index (χ0) is 12.8. The second-order valence-electron chi connectivity index (χ2n) is 2.94. The van der Waals surface area contributed by atoms with Gasteiger partial charge in [0.05, 0.1) is 25.5 Å². The second-order valence-corrected chi connectivity index (χ2v) is 3.76. The molecule has 1 aromatic rings. The van der Waals surface area contributed by atoms with Crippen molar-refractivity contribution in [3.05, 3.63) is 22.7 Å². The number of benzene rings is 1. The number of methoxy groups -OCH3 is 2. The number of hydrogen-bond donors (Lipinski definition) is 2. The Bertz CT molecular complexity index is 451. The van der Waals surface area contributed by atoms with Crippen molar-refractivity contribution in [1.29, 1.82) is 0 Å². The summed E-state index contributed by atoms with van der Waals surface area (Å²) < 4.78 is 10.2. The molecule has 0 aromatic heterocycles. The Kier molecular flexibility index (Phi) is 4.99. The van der Waals surface area contributed by atoms with E-state index in [2.05, 4.69) is 22.7 Å². The first-order valence-corrected chi connectivity index (χ1v) is 5.37. The van der Waals surface area contributed by atoms with Crippen LogP contribution in [0.2, 0.25) is 5.02 Å². The van der Waals surface area contributed by atoms with Crippen LogP contribution in [0.1, 0.15) is 5.56 Å². The molecule has 0 atom stereocenters. The Morgan fingerprint density at radius 1 is 1.47 bits per heavy atom. The highest BCUT2D eigenvalue weighted by Crippen LogP contribution is 2.36. The minimum absolute atomic E-state index is 0.0813. The first-order valence-electron chi connectivity index (χ1n) is 4.59. The fourth-order valence-electron chi connectivity index (χ4n) is 1.17. The molecule has 0 aliphatic heterocycles. The van der Waals surface area contributed by atoms with Gasteiger partial charge in [-0.25, -0.2) is 0 Å². The molecule has 0 saturated heterocycles. The topological polar surface area (TPSA) is 68.9 Å². The fraction of sp³-hybridized carbons (Fsp3) is 0.200. The maximum absolute atomic E-state index is 6.12. The quantitative estimate of drug-likeness (QED) is 0.495. The first-order chi connectivity index (χ1) is 8.10. The van der Waals surface area contributed by atoms with Crippen molar-refractivity contribution in [1.82, 2.24) is 5.43 Å². The number of nitrogens with zero attached hydrogens (tertiary/aromatic N) is 1. The molecule has 1 rings (SSSR count). The lowest BCUT2D eigenvalue weighted by Gasteiger charge is -2.10. The molecule has 0 bridgehead atoms. The number of thiocarbonyl (C=S) groups is 1. The molecule has 5 nitrogen and oxygen atoms in total. The maximum atomic E-state index is 6.12. The van der Waals surface area contributed by atoms with Gasteiger partial charge >= 0.3 is 0 Å². The Morgan fingerprint density at radius 2 is 2.18 bits per heavy atom. The van der Waals surface area contributed by atoms with Gasteiger partial charge in [0.2, 0.25) is 0 Å². The Balaban J connectivity index is 3.02. The summed E-state index contributed by atoms with van der Waals surface area (Å²) in [6.07, 6.45) is 1.49. The molecule has 1 aromatic carbocycles. The van der Waals surface area contributed by atoms with Gasteiger partial charge in [0.15, 0.2) is 16.6 Å². The SMILES string of the molecule is COc1ccc(C=NNC(N)=S)c(Cl)c1OC. The molecule has 0 radical (unpaired) electrons. The van der Waals surface area contributed by atoms with Crippen LogP contribution in [-0.4, -0.2) is 25.5 Å². The summed E-state index contributed by atoms with van der Waals surface area (Å²) in [5.74, 6) is 1.00. The number of rotatable bonds is 4. The van der Waals surface area contributed by atoms with Gasteiger partial charge in [-0.2, -0.15) is 5.10 Å². The summed E-state index contributed by atoms with van der Waals surface area (Å²) in [6, 6.07) is 3.47. The normalized spacial score (nSPS) is 10.3. The number of nitrogens with one attached hydrogen (secondary N) is 1. The van der Waals surface area contributed by atoms with E-state index in [4.69, 9.17) is 26.8 Å². The van der Waals surface area contributed by atoms with Crippen molar-refractivity contribution in [2.24, 2.45) is 10.8 Å². The molecule has 3 N–H and O–H groups in total. The highest BCUT2D eigenvalue weighted by Gasteiger charge is 2.11. The van der Waals surface area contributed by atoms with Crippen molar-refractivity contribution in [2.45, 2.75) is 0 Å². The summed E-state index contributed by atoms with van der Waals surface area (Å²) in [6.45, 7) is 0. The molecular formula is C10H12ClN3O2S. The highest BCUT2D eigenvalue weighted by molar-refractivity contribution is 7.80. The third-order valence-corrected chi connectivity index (χ3v) is 2.37. The lowest BCUT2D eigenvalue weighted by molar-refractivity contribution is 0.355. The van der Waals surface area contributed by atoms with Crippen molar-refractivity contribution in [2.75, 3.05) is 14.2 Å². The summed E-state index contributed by atoms with van der Waals surface area (Å²) in [5.41, 5.74) is 8.32. The van der Waals surface area contributed by atoms with Gasteiger partial charge in [0.1, 0.15) is 0 Å². The summed E-state index contributed by atoms with van der Waals surface area (Å²) in [7, 11) is 3.05. The Labute approximate surface area is 110 Å². The van der Waals surface area contributed by atoms with Gasteiger partial charge in [0, 0.05) is 5.56 Å². The van der Waals surface area contributed by atoms with Crippen LogP contribution in [0.25, 0.3) is 0 Å². The van der Waals surface area contributed by atoms with E-state index in [1.54, 1.807) is 12.1 Å². The number of ether oxygens (including phenoxy) is 2. The number of hydrazone groups is 1. The summed E-state index contributed by atoms with van der Waals surface area (Å²) in [4.78, 5) is 0. The lowest BCUT2D eigenvalue weighted by atomic mass is 10.2. The second kappa shape index (κ2) is 6.27. The van der Waals surface area contributed by atoms with Crippen molar-refractivity contribution in [3.8, 4) is 11.5 Å². The number of hydrogen-bond acceptors (Lipinski definition) is 4. The molecule has 0 aliphatic rings. The van der Waals surface area contributed by atoms with E-state index >= 15 is 0 Å². The van der Waals surface area contributed by atoms with E-state index in [-0.39, 0.29) is 5.11 Å². The van der Waals surface area contributed by atoms with Crippen molar-refractivity contribution >= 4 is 35.1 Å². The first kappa shape index (κ1) is 13.5. The summed E-state index contributed by atoms with van der Waals surface area (Å²) >= 11 is 10.7. The third kappa shape index (κ3) is 3.47. The minimum atomic E-state index is 0.0813. The monoisotopic (exact) mass is 273 g/mol. The van der Waals surface area contributed by atoms with Gasteiger partial charge in [0.25, 0.3) is 0 Å². The Hall–Kier alpha value is -1.53. The predicted octanol–water partition coefficient (Wildman–Crippen LogP) is 1.52. The van der Waals surface area contributed by atoms with Gasteiger partial charge in [-0.3, -0.25) is 5.43 Å². The molecular weight excluding hydrogens is 262 g/mol. The Morgan fingerprint density at radius 3 is 2.71 bits per heavy atom. The van der Waals surface area contributed by atoms with Crippen LogP contribution in [0.5, 0.6) is 11.5 Å². The van der Waals surface area contributed by atoms with E-state index in [1.165, 1.54) is 20.4 Å². The molecule has 17 heavy (non-hydrogen) atoms. The van der Waals surface area contributed by atoms with Gasteiger partial charge in [-0.05, 0) is 24.4 Å². The van der Waals surface area contributed by atoms with Crippen molar-refractivity contribution in [3.63, 3.8) is 0 Å². The number of nitrogens with two attached hydrogens (primary N) is 1. The summed E-state index contributed by atoms with van der Waals surface area (Å²) in [5, 5.41) is 4.30. The van der Waals surface area contributed by atoms with Gasteiger partial charge < -0.3 is 15.2 Å². The van der Waals surface area contributed by atoms with Crippen LogP contribution in [-0.2, 0) is 0 Å². The van der Waals surface area contributed by atoms with Crippen LogP contribution in [0.15, 0.2) is 17.2 Å². The average molecular weight is 274 g/mol. The molecule has 0 saturated carbocycles. The zero-order valence-corrected chi connectivity index (χ0v) is 10.9. The molecule has 0 fully saturated rings. The van der Waals surface area contributed by atoms with E-state index in [9.17, 15) is 0 Å². The van der Waals surface area contributed by atoms with E-state index in [0.29, 0.717) is 22.1 Å². The molecule has 0 amide bonds. The van der Waals surface area contributed by atoms with Crippen LogP contribution in [0, 0.1) is 0 Å². The standard InChI is InChI=1S/C10H12ClN3O2S/c1-15-7-4-3-6(5-13-14-10(12)17)8(11)9(7)16-2/h3-5H,1-2H3,(H3,12,14,17). The highest BCUT2D eigenvalue weighted by atomic mass is 35.5.